The topological polar surface area (TPSA) is 75.4 Å². The van der Waals surface area contributed by atoms with E-state index < -0.39 is 5.25 Å². The Kier molecular flexibility index (Phi) is 7.20. The monoisotopic (exact) mass is 379 g/mol. The summed E-state index contributed by atoms with van der Waals surface area (Å²) in [4.78, 5) is 26.2. The summed E-state index contributed by atoms with van der Waals surface area (Å²) in [5.41, 5.74) is 0.734. The molecule has 0 aliphatic rings. The van der Waals surface area contributed by atoms with E-state index in [-0.39, 0.29) is 23.4 Å². The highest BCUT2D eigenvalue weighted by molar-refractivity contribution is 8.01. The van der Waals surface area contributed by atoms with Crippen molar-refractivity contribution in [3.63, 3.8) is 0 Å². The minimum Gasteiger partial charge on any atom is -0.360 e. The summed E-state index contributed by atoms with van der Waals surface area (Å²) in [5.74, 6) is 0.450. The Labute approximate surface area is 156 Å². The molecule has 1 N–H and O–H groups in total. The lowest BCUT2D eigenvalue weighted by atomic mass is 10.2. The van der Waals surface area contributed by atoms with Gasteiger partial charge in [-0.3, -0.25) is 9.59 Å². The third-order valence-electron chi connectivity index (χ3n) is 3.70. The summed E-state index contributed by atoms with van der Waals surface area (Å²) < 4.78 is 18.2. The number of amides is 2. The van der Waals surface area contributed by atoms with Gasteiger partial charge in [0.05, 0.1) is 11.0 Å². The van der Waals surface area contributed by atoms with Gasteiger partial charge in [-0.2, -0.15) is 0 Å². The van der Waals surface area contributed by atoms with Crippen LogP contribution >= 0.6 is 11.8 Å². The highest BCUT2D eigenvalue weighted by atomic mass is 32.2. The van der Waals surface area contributed by atoms with Crippen LogP contribution in [0, 0.1) is 12.7 Å². The fourth-order valence-electron chi connectivity index (χ4n) is 2.25. The summed E-state index contributed by atoms with van der Waals surface area (Å²) >= 11 is 1.24. The van der Waals surface area contributed by atoms with E-state index in [0.717, 1.165) is 5.56 Å². The first-order valence-electron chi connectivity index (χ1n) is 8.27. The molecular formula is C18H22FN3O3S. The van der Waals surface area contributed by atoms with Gasteiger partial charge in [0.1, 0.15) is 11.6 Å². The van der Waals surface area contributed by atoms with Crippen molar-refractivity contribution in [1.29, 1.82) is 0 Å². The molecule has 1 heterocycles. The van der Waals surface area contributed by atoms with Crippen molar-refractivity contribution in [2.45, 2.75) is 32.6 Å². The van der Waals surface area contributed by atoms with Crippen molar-refractivity contribution in [3.05, 3.63) is 47.5 Å². The number of aromatic nitrogens is 1. The number of aryl methyl sites for hydroxylation is 1. The van der Waals surface area contributed by atoms with Crippen molar-refractivity contribution in [1.82, 2.24) is 10.1 Å². The van der Waals surface area contributed by atoms with Gasteiger partial charge in [-0.1, -0.05) is 17.3 Å². The Balaban J connectivity index is 1.84. The average Bonchev–Trinajstić information content (AvgIpc) is 3.02. The number of anilines is 1. The maximum atomic E-state index is 13.3. The van der Waals surface area contributed by atoms with Gasteiger partial charge < -0.3 is 14.7 Å². The van der Waals surface area contributed by atoms with E-state index in [2.05, 4.69) is 10.5 Å². The largest absolute Gasteiger partial charge is 0.360 e. The molecule has 26 heavy (non-hydrogen) atoms. The first kappa shape index (κ1) is 20.0. The zero-order valence-electron chi connectivity index (χ0n) is 15.0. The Hall–Kier alpha value is -2.35. The van der Waals surface area contributed by atoms with E-state index in [1.54, 1.807) is 36.9 Å². The Morgan fingerprint density at radius 2 is 2.15 bits per heavy atom. The number of hydrogen-bond acceptors (Lipinski definition) is 5. The Morgan fingerprint density at radius 3 is 2.77 bits per heavy atom. The van der Waals surface area contributed by atoms with Gasteiger partial charge in [0.2, 0.25) is 11.8 Å². The van der Waals surface area contributed by atoms with E-state index in [4.69, 9.17) is 4.52 Å². The van der Waals surface area contributed by atoms with Crippen LogP contribution in [-0.2, 0) is 16.1 Å². The molecule has 0 bridgehead atoms. The number of thioether (sulfide) groups is 1. The first-order chi connectivity index (χ1) is 12.4. The first-order valence-corrected chi connectivity index (χ1v) is 9.32. The molecule has 0 radical (unpaired) electrons. The molecule has 140 valence electrons. The lowest BCUT2D eigenvalue weighted by Gasteiger charge is -2.21. The van der Waals surface area contributed by atoms with Crippen molar-refractivity contribution < 1.29 is 18.5 Å². The zero-order valence-corrected chi connectivity index (χ0v) is 15.8. The predicted molar refractivity (Wildman–Crippen MR) is 99.3 cm³/mol. The predicted octanol–water partition coefficient (Wildman–Crippen LogP) is 3.23. The molecule has 0 saturated heterocycles. The van der Waals surface area contributed by atoms with Crippen LogP contribution in [-0.4, -0.2) is 39.4 Å². The molecule has 0 spiro atoms. The van der Waals surface area contributed by atoms with Crippen LogP contribution < -0.4 is 5.32 Å². The lowest BCUT2D eigenvalue weighted by molar-refractivity contribution is -0.128. The van der Waals surface area contributed by atoms with Gasteiger partial charge >= 0.3 is 0 Å². The number of rotatable bonds is 8. The van der Waals surface area contributed by atoms with Gasteiger partial charge in [0, 0.05) is 19.2 Å². The van der Waals surface area contributed by atoms with Crippen LogP contribution in [0.1, 0.15) is 25.2 Å². The average molecular weight is 379 g/mol. The smallest absolute Gasteiger partial charge is 0.238 e. The third kappa shape index (κ3) is 5.87. The summed E-state index contributed by atoms with van der Waals surface area (Å²) in [6.07, 6.45) is 0. The molecule has 1 aromatic heterocycles. The molecular weight excluding hydrogens is 357 g/mol. The molecule has 1 unspecified atom stereocenters. The molecule has 6 nitrogen and oxygen atoms in total. The van der Waals surface area contributed by atoms with Crippen molar-refractivity contribution >= 4 is 29.4 Å². The number of hydrogen-bond donors (Lipinski definition) is 1. The van der Waals surface area contributed by atoms with Crippen molar-refractivity contribution in [2.75, 3.05) is 17.6 Å². The third-order valence-corrected chi connectivity index (χ3v) is 4.83. The van der Waals surface area contributed by atoms with Gasteiger partial charge in [0.15, 0.2) is 5.82 Å². The van der Waals surface area contributed by atoms with Gasteiger partial charge in [-0.05, 0) is 38.5 Å². The van der Waals surface area contributed by atoms with Crippen LogP contribution in [0.15, 0.2) is 34.9 Å². The highest BCUT2D eigenvalue weighted by Gasteiger charge is 2.19. The molecule has 0 fully saturated rings. The van der Waals surface area contributed by atoms with Crippen LogP contribution in [0.4, 0.5) is 10.2 Å². The Bertz CT molecular complexity index is 766. The lowest BCUT2D eigenvalue weighted by Crippen LogP contribution is -2.33. The second kappa shape index (κ2) is 9.38. The maximum Gasteiger partial charge on any atom is 0.238 e. The van der Waals surface area contributed by atoms with Crippen LogP contribution in [0.5, 0.6) is 0 Å². The standard InChI is InChI=1S/C18H22FN3O3S/c1-4-22(10-14-6-5-7-15(19)9-14)17(23)11-26-13(3)18(24)20-16-8-12(2)25-21-16/h5-9,13H,4,10-11H2,1-3H3,(H,20,21,24). The minimum absolute atomic E-state index is 0.0984. The molecule has 1 atom stereocenters. The quantitative estimate of drug-likeness (QED) is 0.762. The highest BCUT2D eigenvalue weighted by Crippen LogP contribution is 2.16. The number of benzene rings is 1. The Morgan fingerprint density at radius 1 is 1.38 bits per heavy atom. The molecule has 0 aliphatic heterocycles. The van der Waals surface area contributed by atoms with E-state index in [1.165, 1.54) is 23.9 Å². The summed E-state index contributed by atoms with van der Waals surface area (Å²) in [6.45, 7) is 6.17. The summed E-state index contributed by atoms with van der Waals surface area (Å²) in [6, 6.07) is 7.81. The second-order valence-corrected chi connectivity index (χ2v) is 7.13. The van der Waals surface area contributed by atoms with E-state index in [0.29, 0.717) is 24.7 Å². The number of halogens is 1. The fourth-order valence-corrected chi connectivity index (χ4v) is 3.03. The normalized spacial score (nSPS) is 11.8. The molecule has 2 amide bonds. The van der Waals surface area contributed by atoms with Crippen LogP contribution in [0.2, 0.25) is 0 Å². The molecule has 2 aromatic rings. The maximum absolute atomic E-state index is 13.3. The summed E-state index contributed by atoms with van der Waals surface area (Å²) in [7, 11) is 0. The molecule has 8 heteroatoms. The number of nitrogens with one attached hydrogen (secondary N) is 1. The zero-order chi connectivity index (χ0) is 19.1. The van der Waals surface area contributed by atoms with Gasteiger partial charge in [-0.15, -0.1) is 11.8 Å². The summed E-state index contributed by atoms with van der Waals surface area (Å²) in [5, 5.41) is 5.92. The van der Waals surface area contributed by atoms with Crippen LogP contribution in [0.25, 0.3) is 0 Å². The molecule has 0 saturated carbocycles. The molecule has 2 rings (SSSR count). The molecule has 0 aliphatic carbocycles. The van der Waals surface area contributed by atoms with Crippen LogP contribution in [0.3, 0.4) is 0 Å². The van der Waals surface area contributed by atoms with E-state index >= 15 is 0 Å². The number of nitrogens with zero attached hydrogens (tertiary/aromatic N) is 2. The van der Waals surface area contributed by atoms with Gasteiger partial charge in [0.25, 0.3) is 0 Å². The number of carbonyl (C=O) groups excluding carboxylic acids is 2. The van der Waals surface area contributed by atoms with Crippen molar-refractivity contribution in [2.24, 2.45) is 0 Å². The number of carbonyl (C=O) groups is 2. The van der Waals surface area contributed by atoms with Gasteiger partial charge in [-0.25, -0.2) is 4.39 Å². The fraction of sp³-hybridized carbons (Fsp3) is 0.389. The SMILES string of the molecule is CCN(Cc1cccc(F)c1)C(=O)CSC(C)C(=O)Nc1cc(C)on1. The van der Waals surface area contributed by atoms with E-state index in [9.17, 15) is 14.0 Å². The van der Waals surface area contributed by atoms with Crippen molar-refractivity contribution in [3.8, 4) is 0 Å². The van der Waals surface area contributed by atoms with E-state index in [1.807, 2.05) is 6.92 Å². The second-order valence-electron chi connectivity index (χ2n) is 5.80. The minimum atomic E-state index is -0.427. The molecule has 1 aromatic carbocycles.